The van der Waals surface area contributed by atoms with E-state index in [0.717, 1.165) is 0 Å². The molecule has 0 bridgehead atoms. The second kappa shape index (κ2) is 3.16. The molecule has 0 aromatic rings. The molecule has 11 heavy (non-hydrogen) atoms. The van der Waals surface area contributed by atoms with Gasteiger partial charge >= 0.3 is 4.46 Å². The van der Waals surface area contributed by atoms with E-state index in [1.165, 1.54) is 11.8 Å². The van der Waals surface area contributed by atoms with Crippen molar-refractivity contribution in [1.29, 1.82) is 0 Å². The van der Waals surface area contributed by atoms with E-state index >= 15 is 0 Å². The van der Waals surface area contributed by atoms with Gasteiger partial charge in [-0.1, -0.05) is 11.8 Å². The molecular formula is C4H4Cl2N2O2S. The number of nitrogens with zero attached hydrogens (tertiary/aromatic N) is 2. The number of halogens is 2. The van der Waals surface area contributed by atoms with Crippen LogP contribution in [0.25, 0.3) is 0 Å². The molecule has 0 aromatic heterocycles. The quantitative estimate of drug-likeness (QED) is 0.304. The molecule has 4 nitrogen and oxygen atoms in total. The van der Waals surface area contributed by atoms with E-state index in [-0.39, 0.29) is 5.04 Å². The molecule has 1 aliphatic rings. The van der Waals surface area contributed by atoms with E-state index < -0.39 is 9.38 Å². The number of nitro groups is 1. The molecule has 0 atom stereocenters. The van der Waals surface area contributed by atoms with E-state index in [0.29, 0.717) is 12.3 Å². The number of hydrogen-bond donors (Lipinski definition) is 0. The van der Waals surface area contributed by atoms with Crippen LogP contribution < -0.4 is 0 Å². The molecule has 1 heterocycles. The lowest BCUT2D eigenvalue weighted by atomic mass is 10.7. The van der Waals surface area contributed by atoms with Gasteiger partial charge in [-0.25, -0.2) is 0 Å². The normalized spacial score (nSPS) is 18.2. The van der Waals surface area contributed by atoms with Crippen molar-refractivity contribution < 1.29 is 4.92 Å². The predicted octanol–water partition coefficient (Wildman–Crippen LogP) is 1.54. The van der Waals surface area contributed by atoms with Gasteiger partial charge in [-0.3, -0.25) is 15.1 Å². The van der Waals surface area contributed by atoms with Crippen LogP contribution in [0.3, 0.4) is 0 Å². The third-order valence-corrected chi connectivity index (χ3v) is 3.01. The lowest BCUT2D eigenvalue weighted by molar-refractivity contribution is -0.495. The number of hydrogen-bond acceptors (Lipinski definition) is 4. The molecule has 0 spiro atoms. The summed E-state index contributed by atoms with van der Waals surface area (Å²) in [7, 11) is 0. The minimum absolute atomic E-state index is 0.186. The zero-order chi connectivity index (χ0) is 8.48. The van der Waals surface area contributed by atoms with Crippen LogP contribution in [0.1, 0.15) is 0 Å². The highest BCUT2D eigenvalue weighted by molar-refractivity contribution is 8.14. The fraction of sp³-hybridized carbons (Fsp3) is 0.750. The number of aliphatic imine (C=N–C) groups is 1. The third-order valence-electron chi connectivity index (χ3n) is 1.07. The first-order valence-corrected chi connectivity index (χ1v) is 4.49. The highest BCUT2D eigenvalue weighted by atomic mass is 35.5. The van der Waals surface area contributed by atoms with Crippen LogP contribution in [-0.2, 0) is 0 Å². The van der Waals surface area contributed by atoms with Crippen molar-refractivity contribution >= 4 is 40.0 Å². The SMILES string of the molecule is O=[N+]([O-])C(Cl)(Cl)C1=NCCS1. The fourth-order valence-electron chi connectivity index (χ4n) is 0.595. The first-order chi connectivity index (χ1) is 5.05. The van der Waals surface area contributed by atoms with Gasteiger partial charge in [-0.05, 0) is 23.2 Å². The average molecular weight is 215 g/mol. The van der Waals surface area contributed by atoms with Crippen LogP contribution in [-0.4, -0.2) is 26.7 Å². The first kappa shape index (κ1) is 9.09. The average Bonchev–Trinajstić information content (AvgIpc) is 2.37. The van der Waals surface area contributed by atoms with Gasteiger partial charge in [0.05, 0.1) is 4.92 Å². The number of alkyl halides is 2. The molecule has 0 N–H and O–H groups in total. The molecule has 0 unspecified atom stereocenters. The van der Waals surface area contributed by atoms with Crippen LogP contribution in [0.15, 0.2) is 4.99 Å². The number of thioether (sulfide) groups is 1. The van der Waals surface area contributed by atoms with Crippen LogP contribution >= 0.6 is 35.0 Å². The number of rotatable bonds is 2. The van der Waals surface area contributed by atoms with E-state index in [1.54, 1.807) is 0 Å². The minimum atomic E-state index is -2.04. The van der Waals surface area contributed by atoms with E-state index in [9.17, 15) is 10.1 Å². The molecule has 1 aliphatic heterocycles. The Morgan fingerprint density at radius 2 is 2.36 bits per heavy atom. The Kier molecular flexibility index (Phi) is 2.61. The Bertz CT molecular complexity index is 218. The summed E-state index contributed by atoms with van der Waals surface area (Å²) in [5.41, 5.74) is 0. The lowest BCUT2D eigenvalue weighted by Gasteiger charge is -2.07. The van der Waals surface area contributed by atoms with Crippen LogP contribution in [0.5, 0.6) is 0 Å². The molecule has 0 amide bonds. The molecule has 1 rings (SSSR count). The standard InChI is InChI=1S/C4H4Cl2N2O2S/c5-4(6,8(9)10)3-7-1-2-11-3/h1-2H2. The van der Waals surface area contributed by atoms with Crippen molar-refractivity contribution in [3.63, 3.8) is 0 Å². The predicted molar refractivity (Wildman–Crippen MR) is 46.2 cm³/mol. The largest absolute Gasteiger partial charge is 0.418 e. The molecule has 62 valence electrons. The third kappa shape index (κ3) is 1.77. The molecule has 0 aliphatic carbocycles. The topological polar surface area (TPSA) is 55.5 Å². The van der Waals surface area contributed by atoms with Gasteiger partial charge in [-0.2, -0.15) is 0 Å². The van der Waals surface area contributed by atoms with Gasteiger partial charge in [-0.15, -0.1) is 0 Å². The Labute approximate surface area is 77.1 Å². The summed E-state index contributed by atoms with van der Waals surface area (Å²) < 4.78 is -2.04. The van der Waals surface area contributed by atoms with Crippen LogP contribution in [0.2, 0.25) is 0 Å². The Balaban J connectivity index is 2.79. The van der Waals surface area contributed by atoms with E-state index in [1.807, 2.05) is 0 Å². The van der Waals surface area contributed by atoms with Gasteiger partial charge in [0, 0.05) is 12.3 Å². The molecule has 0 saturated heterocycles. The highest BCUT2D eigenvalue weighted by Crippen LogP contribution is 2.32. The zero-order valence-electron chi connectivity index (χ0n) is 5.29. The maximum Gasteiger partial charge on any atom is 0.418 e. The second-order valence-electron chi connectivity index (χ2n) is 1.83. The van der Waals surface area contributed by atoms with Gasteiger partial charge in [0.2, 0.25) is 0 Å². The second-order valence-corrected chi connectivity index (χ2v) is 4.20. The van der Waals surface area contributed by atoms with Gasteiger partial charge < -0.3 is 0 Å². The smallest absolute Gasteiger partial charge is 0.272 e. The van der Waals surface area contributed by atoms with Crippen molar-refractivity contribution in [2.45, 2.75) is 4.46 Å². The zero-order valence-corrected chi connectivity index (χ0v) is 7.62. The Morgan fingerprint density at radius 3 is 2.73 bits per heavy atom. The van der Waals surface area contributed by atoms with E-state index in [2.05, 4.69) is 4.99 Å². The van der Waals surface area contributed by atoms with Gasteiger partial charge in [0.25, 0.3) is 0 Å². The van der Waals surface area contributed by atoms with Gasteiger partial charge in [0.15, 0.2) is 5.04 Å². The summed E-state index contributed by atoms with van der Waals surface area (Å²) in [6.45, 7) is 0.551. The minimum Gasteiger partial charge on any atom is -0.272 e. The molecule has 0 radical (unpaired) electrons. The van der Waals surface area contributed by atoms with E-state index in [4.69, 9.17) is 23.2 Å². The summed E-state index contributed by atoms with van der Waals surface area (Å²) >= 11 is 12.0. The van der Waals surface area contributed by atoms with Crippen LogP contribution in [0.4, 0.5) is 0 Å². The van der Waals surface area contributed by atoms with Crippen molar-refractivity contribution in [2.75, 3.05) is 12.3 Å². The maximum atomic E-state index is 10.3. The fourth-order valence-corrected chi connectivity index (χ4v) is 1.85. The summed E-state index contributed by atoms with van der Waals surface area (Å²) in [5, 5.41) is 10.4. The molecule has 0 fully saturated rings. The lowest BCUT2D eigenvalue weighted by Crippen LogP contribution is -2.32. The summed E-state index contributed by atoms with van der Waals surface area (Å²) in [6, 6.07) is 0. The summed E-state index contributed by atoms with van der Waals surface area (Å²) in [4.78, 5) is 13.3. The molecule has 0 saturated carbocycles. The maximum absolute atomic E-state index is 10.3. The van der Waals surface area contributed by atoms with Crippen molar-refractivity contribution in [2.24, 2.45) is 4.99 Å². The summed E-state index contributed by atoms with van der Waals surface area (Å²) in [6.07, 6.45) is 0. The summed E-state index contributed by atoms with van der Waals surface area (Å²) in [5.74, 6) is 0.713. The molecular weight excluding hydrogens is 211 g/mol. The van der Waals surface area contributed by atoms with Crippen LogP contribution in [0, 0.1) is 10.1 Å². The van der Waals surface area contributed by atoms with Crippen molar-refractivity contribution in [1.82, 2.24) is 0 Å². The molecule has 0 aromatic carbocycles. The molecule has 7 heteroatoms. The first-order valence-electron chi connectivity index (χ1n) is 2.75. The Hall–Kier alpha value is -0.000000000000000167. The Morgan fingerprint density at radius 1 is 1.73 bits per heavy atom. The van der Waals surface area contributed by atoms with Crippen molar-refractivity contribution in [3.8, 4) is 0 Å². The van der Waals surface area contributed by atoms with Crippen molar-refractivity contribution in [3.05, 3.63) is 10.1 Å². The monoisotopic (exact) mass is 214 g/mol. The highest BCUT2D eigenvalue weighted by Gasteiger charge is 2.45. The van der Waals surface area contributed by atoms with Gasteiger partial charge in [0.1, 0.15) is 0 Å².